The van der Waals surface area contributed by atoms with Crippen molar-refractivity contribution in [3.05, 3.63) is 35.9 Å². The lowest BCUT2D eigenvalue weighted by Gasteiger charge is -2.20. The summed E-state index contributed by atoms with van der Waals surface area (Å²) in [4.78, 5) is 12.6. The summed E-state index contributed by atoms with van der Waals surface area (Å²) < 4.78 is 0. The van der Waals surface area contributed by atoms with Gasteiger partial charge in [0.15, 0.2) is 5.75 Å². The molecule has 0 aliphatic heterocycles. The largest absolute Gasteiger partial charge is 0.289 e. The molecule has 1 aromatic carbocycles. The molecule has 2 aliphatic carbocycles. The quantitative estimate of drug-likeness (QED) is 0.581. The van der Waals surface area contributed by atoms with Crippen LogP contribution in [0.25, 0.3) is 0 Å². The summed E-state index contributed by atoms with van der Waals surface area (Å²) in [6.45, 7) is 0. The number of rotatable bonds is 5. The Bertz CT molecular complexity index is 414. The summed E-state index contributed by atoms with van der Waals surface area (Å²) in [5.41, 5.74) is 0.918. The van der Waals surface area contributed by atoms with Crippen LogP contribution in [-0.4, -0.2) is 22.0 Å². The van der Waals surface area contributed by atoms with Crippen molar-refractivity contribution in [1.82, 2.24) is 0 Å². The molecule has 0 spiro atoms. The van der Waals surface area contributed by atoms with Crippen molar-refractivity contribution in [1.29, 1.82) is 0 Å². The molecule has 1 nitrogen and oxygen atoms in total. The van der Waals surface area contributed by atoms with Gasteiger partial charge in [-0.05, 0) is 51.4 Å². The fourth-order valence-electron chi connectivity index (χ4n) is 3.75. The monoisotopic (exact) mass is 289 g/mol. The maximum Gasteiger partial charge on any atom is 0.211 e. The van der Waals surface area contributed by atoms with E-state index in [1.54, 1.807) is 0 Å². The zero-order valence-electron chi connectivity index (χ0n) is 12.2. The molecule has 2 fully saturated rings. The first-order chi connectivity index (χ1) is 9.84. The minimum absolute atomic E-state index is 0.345. The van der Waals surface area contributed by atoms with Gasteiger partial charge >= 0.3 is 0 Å². The Morgan fingerprint density at radius 2 is 1.40 bits per heavy atom. The molecular weight excluding hydrogens is 264 g/mol. The summed E-state index contributed by atoms with van der Waals surface area (Å²) in [5.74, 6) is 1.20. The van der Waals surface area contributed by atoms with Crippen LogP contribution in [0.1, 0.15) is 61.7 Å². The Morgan fingerprint density at radius 1 is 0.900 bits per heavy atom. The molecule has 0 amide bonds. The molecule has 0 N–H and O–H groups in total. The SMILES string of the molecule is O=C(C[S+](C1CCCC1)C1CCCC1)c1ccccc1. The van der Waals surface area contributed by atoms with Crippen LogP contribution >= 0.6 is 0 Å². The molecule has 0 heterocycles. The van der Waals surface area contributed by atoms with Gasteiger partial charge in [0.05, 0.1) is 0 Å². The van der Waals surface area contributed by atoms with E-state index < -0.39 is 0 Å². The van der Waals surface area contributed by atoms with Crippen LogP contribution in [0.15, 0.2) is 30.3 Å². The zero-order chi connectivity index (χ0) is 13.8. The highest BCUT2D eigenvalue weighted by Gasteiger charge is 2.42. The molecule has 3 rings (SSSR count). The molecule has 108 valence electrons. The number of benzene rings is 1. The first kappa shape index (κ1) is 14.2. The van der Waals surface area contributed by atoms with Crippen molar-refractivity contribution in [3.8, 4) is 0 Å². The van der Waals surface area contributed by atoms with Crippen LogP contribution in [0, 0.1) is 0 Å². The Morgan fingerprint density at radius 3 is 1.90 bits per heavy atom. The maximum atomic E-state index is 12.6. The normalized spacial score (nSPS) is 20.9. The van der Waals surface area contributed by atoms with E-state index in [4.69, 9.17) is 0 Å². The number of carbonyl (C=O) groups is 1. The van der Waals surface area contributed by atoms with Crippen molar-refractivity contribution in [2.75, 3.05) is 5.75 Å². The fraction of sp³-hybridized carbons (Fsp3) is 0.611. The topological polar surface area (TPSA) is 17.1 Å². The second-order valence-corrected chi connectivity index (χ2v) is 8.78. The van der Waals surface area contributed by atoms with E-state index in [2.05, 4.69) is 0 Å². The number of hydrogen-bond acceptors (Lipinski definition) is 1. The molecule has 0 atom stereocenters. The Kier molecular flexibility index (Phi) is 4.82. The van der Waals surface area contributed by atoms with Gasteiger partial charge in [-0.25, -0.2) is 0 Å². The van der Waals surface area contributed by atoms with Crippen LogP contribution < -0.4 is 0 Å². The smallest absolute Gasteiger partial charge is 0.211 e. The highest BCUT2D eigenvalue weighted by atomic mass is 32.2. The molecule has 0 saturated heterocycles. The van der Waals surface area contributed by atoms with Crippen molar-refractivity contribution in [2.24, 2.45) is 0 Å². The molecule has 2 heteroatoms. The van der Waals surface area contributed by atoms with Crippen molar-refractivity contribution < 1.29 is 4.79 Å². The highest BCUT2D eigenvalue weighted by Crippen LogP contribution is 2.36. The number of ketones is 1. The highest BCUT2D eigenvalue weighted by molar-refractivity contribution is 7.98. The van der Waals surface area contributed by atoms with E-state index in [0.29, 0.717) is 16.7 Å². The van der Waals surface area contributed by atoms with E-state index in [9.17, 15) is 4.79 Å². The summed E-state index contributed by atoms with van der Waals surface area (Å²) >= 11 is 0. The average molecular weight is 289 g/mol. The van der Waals surface area contributed by atoms with Gasteiger partial charge in [0, 0.05) is 16.5 Å². The molecule has 0 bridgehead atoms. The summed E-state index contributed by atoms with van der Waals surface area (Å²) in [6, 6.07) is 9.91. The summed E-state index contributed by atoms with van der Waals surface area (Å²) in [6.07, 6.45) is 11.1. The number of carbonyl (C=O) groups excluding carboxylic acids is 1. The molecular formula is C18H25OS+. The van der Waals surface area contributed by atoms with Gasteiger partial charge in [0.2, 0.25) is 5.78 Å². The second-order valence-electron chi connectivity index (χ2n) is 6.22. The van der Waals surface area contributed by atoms with Gasteiger partial charge in [-0.15, -0.1) is 0 Å². The third-order valence-electron chi connectivity index (χ3n) is 4.85. The van der Waals surface area contributed by atoms with Gasteiger partial charge in [0.25, 0.3) is 0 Å². The van der Waals surface area contributed by atoms with Gasteiger partial charge in [-0.2, -0.15) is 0 Å². The molecule has 2 saturated carbocycles. The van der Waals surface area contributed by atoms with Gasteiger partial charge in [-0.3, -0.25) is 4.79 Å². The Balaban J connectivity index is 1.70. The molecule has 0 unspecified atom stereocenters. The van der Waals surface area contributed by atoms with Gasteiger partial charge in [0.1, 0.15) is 10.5 Å². The predicted octanol–water partition coefficient (Wildman–Crippen LogP) is 4.37. The predicted molar refractivity (Wildman–Crippen MR) is 87.5 cm³/mol. The summed E-state index contributed by atoms with van der Waals surface area (Å²) in [5, 5.41) is 1.71. The Labute approximate surface area is 125 Å². The van der Waals surface area contributed by atoms with Crippen LogP contribution in [0.2, 0.25) is 0 Å². The van der Waals surface area contributed by atoms with Crippen LogP contribution in [0.3, 0.4) is 0 Å². The van der Waals surface area contributed by atoms with Crippen molar-refractivity contribution in [3.63, 3.8) is 0 Å². The minimum Gasteiger partial charge on any atom is -0.289 e. The lowest BCUT2D eigenvalue weighted by molar-refractivity contribution is 0.102. The molecule has 20 heavy (non-hydrogen) atoms. The van der Waals surface area contributed by atoms with E-state index in [1.807, 2.05) is 30.3 Å². The van der Waals surface area contributed by atoms with Crippen LogP contribution in [-0.2, 0) is 10.9 Å². The minimum atomic E-state index is 0.345. The molecule has 2 aliphatic rings. The molecule has 1 aromatic rings. The number of Topliss-reactive ketones (excluding diaryl/α,β-unsaturated/α-hetero) is 1. The van der Waals surface area contributed by atoms with E-state index >= 15 is 0 Å². The van der Waals surface area contributed by atoms with E-state index in [-0.39, 0.29) is 0 Å². The average Bonchev–Trinajstić information content (AvgIpc) is 3.19. The van der Waals surface area contributed by atoms with Gasteiger partial charge in [-0.1, -0.05) is 30.3 Å². The molecule has 0 aromatic heterocycles. The lowest BCUT2D eigenvalue weighted by Crippen LogP contribution is -2.34. The van der Waals surface area contributed by atoms with E-state index in [1.165, 1.54) is 51.4 Å². The molecule has 0 radical (unpaired) electrons. The first-order valence-electron chi connectivity index (χ1n) is 8.11. The summed E-state index contributed by atoms with van der Waals surface area (Å²) in [7, 11) is 0.345. The standard InChI is InChI=1S/C18H25OS/c19-18(15-8-2-1-3-9-15)14-20(16-10-4-5-11-16)17-12-6-7-13-17/h1-3,8-9,16-17H,4-7,10-14H2/q+1. The number of hydrogen-bond donors (Lipinski definition) is 0. The third kappa shape index (κ3) is 3.28. The Hall–Kier alpha value is -0.760. The first-order valence-corrected chi connectivity index (χ1v) is 9.63. The van der Waals surface area contributed by atoms with Crippen LogP contribution in [0.5, 0.6) is 0 Å². The second kappa shape index (κ2) is 6.80. The third-order valence-corrected chi connectivity index (χ3v) is 8.11. The van der Waals surface area contributed by atoms with Crippen LogP contribution in [0.4, 0.5) is 0 Å². The fourth-order valence-corrected chi connectivity index (χ4v) is 7.11. The van der Waals surface area contributed by atoms with Gasteiger partial charge < -0.3 is 0 Å². The van der Waals surface area contributed by atoms with Crippen molar-refractivity contribution >= 4 is 16.7 Å². The maximum absolute atomic E-state index is 12.6. The lowest BCUT2D eigenvalue weighted by atomic mass is 10.2. The van der Waals surface area contributed by atoms with E-state index in [0.717, 1.165) is 21.8 Å². The van der Waals surface area contributed by atoms with Crippen molar-refractivity contribution in [2.45, 2.75) is 61.9 Å². The zero-order valence-corrected chi connectivity index (χ0v) is 13.0.